The van der Waals surface area contributed by atoms with Crippen molar-refractivity contribution in [1.82, 2.24) is 5.32 Å². The Kier molecular flexibility index (Phi) is 7.08. The first-order valence-electron chi connectivity index (χ1n) is 6.65. The van der Waals surface area contributed by atoms with Crippen LogP contribution in [0.2, 0.25) is 0 Å². The normalized spacial score (nSPS) is 11.8. The van der Waals surface area contributed by atoms with Crippen molar-refractivity contribution >= 4 is 23.6 Å². The zero-order valence-corrected chi connectivity index (χ0v) is 13.3. The Hall–Kier alpha value is -1.69. The number of carboxylic acid groups (broad SMARTS) is 1. The monoisotopic (exact) mass is 311 g/mol. The molecule has 0 fully saturated rings. The van der Waals surface area contributed by atoms with E-state index in [1.165, 1.54) is 0 Å². The third-order valence-electron chi connectivity index (χ3n) is 3.00. The molecule has 0 saturated heterocycles. The molecule has 0 heterocycles. The van der Waals surface area contributed by atoms with Crippen molar-refractivity contribution in [2.75, 3.05) is 18.6 Å². The number of benzene rings is 1. The van der Waals surface area contributed by atoms with Crippen molar-refractivity contribution < 1.29 is 19.4 Å². The molecule has 0 aliphatic carbocycles. The fourth-order valence-corrected chi connectivity index (χ4v) is 2.37. The van der Waals surface area contributed by atoms with E-state index in [2.05, 4.69) is 5.32 Å². The molecule has 1 unspecified atom stereocenters. The number of amides is 1. The molecule has 1 rings (SSSR count). The predicted molar refractivity (Wildman–Crippen MR) is 84.0 cm³/mol. The van der Waals surface area contributed by atoms with Crippen molar-refractivity contribution in [3.05, 3.63) is 29.3 Å². The van der Waals surface area contributed by atoms with Gasteiger partial charge in [0.2, 0.25) is 0 Å². The van der Waals surface area contributed by atoms with Gasteiger partial charge in [-0.2, -0.15) is 11.8 Å². The van der Waals surface area contributed by atoms with Gasteiger partial charge in [0.1, 0.15) is 11.8 Å². The largest absolute Gasteiger partial charge is 0.483 e. The van der Waals surface area contributed by atoms with Gasteiger partial charge in [0, 0.05) is 0 Å². The number of aliphatic carboxylic acids is 1. The number of carboxylic acids is 1. The van der Waals surface area contributed by atoms with Gasteiger partial charge < -0.3 is 15.2 Å². The molecule has 0 bridgehead atoms. The van der Waals surface area contributed by atoms with Crippen LogP contribution < -0.4 is 10.1 Å². The fraction of sp³-hybridized carbons (Fsp3) is 0.467. The van der Waals surface area contributed by atoms with Crippen LogP contribution in [0.15, 0.2) is 18.2 Å². The van der Waals surface area contributed by atoms with Crippen LogP contribution in [0, 0.1) is 13.8 Å². The lowest BCUT2D eigenvalue weighted by atomic mass is 10.1. The van der Waals surface area contributed by atoms with Gasteiger partial charge >= 0.3 is 5.97 Å². The first-order valence-corrected chi connectivity index (χ1v) is 8.05. The Labute approximate surface area is 129 Å². The third-order valence-corrected chi connectivity index (χ3v) is 3.64. The van der Waals surface area contributed by atoms with Crippen LogP contribution in [-0.4, -0.2) is 41.6 Å². The summed E-state index contributed by atoms with van der Waals surface area (Å²) in [4.78, 5) is 22.9. The second-order valence-corrected chi connectivity index (χ2v) is 5.74. The van der Waals surface area contributed by atoms with E-state index in [0.29, 0.717) is 17.9 Å². The predicted octanol–water partition coefficient (Wildman–Crippen LogP) is 2.00. The topological polar surface area (TPSA) is 75.6 Å². The maximum Gasteiger partial charge on any atom is 0.326 e. The molecule has 0 radical (unpaired) electrons. The number of thioether (sulfide) groups is 1. The highest BCUT2D eigenvalue weighted by Gasteiger charge is 2.19. The zero-order valence-electron chi connectivity index (χ0n) is 12.5. The quantitative estimate of drug-likeness (QED) is 0.768. The van der Waals surface area contributed by atoms with Gasteiger partial charge in [-0.15, -0.1) is 0 Å². The molecular formula is C15H21NO4S. The molecule has 0 aliphatic rings. The summed E-state index contributed by atoms with van der Waals surface area (Å²) in [5.74, 6) is -0.103. The van der Waals surface area contributed by atoms with E-state index < -0.39 is 17.9 Å². The molecular weight excluding hydrogens is 290 g/mol. The number of hydrogen-bond donors (Lipinski definition) is 2. The Morgan fingerprint density at radius 3 is 2.48 bits per heavy atom. The maximum absolute atomic E-state index is 11.8. The Bertz CT molecular complexity index is 484. The lowest BCUT2D eigenvalue weighted by molar-refractivity contribution is -0.142. The van der Waals surface area contributed by atoms with Gasteiger partial charge in [-0.25, -0.2) is 4.79 Å². The van der Waals surface area contributed by atoms with Gasteiger partial charge in [-0.3, -0.25) is 4.79 Å². The van der Waals surface area contributed by atoms with Gasteiger partial charge in [0.15, 0.2) is 6.61 Å². The molecule has 1 aromatic carbocycles. The summed E-state index contributed by atoms with van der Waals surface area (Å²) in [6.45, 7) is 3.62. The highest BCUT2D eigenvalue weighted by Crippen LogP contribution is 2.22. The zero-order chi connectivity index (χ0) is 15.8. The lowest BCUT2D eigenvalue weighted by Gasteiger charge is -2.15. The van der Waals surface area contributed by atoms with Gasteiger partial charge in [0.25, 0.3) is 5.91 Å². The Morgan fingerprint density at radius 2 is 1.95 bits per heavy atom. The minimum atomic E-state index is -1.02. The average molecular weight is 311 g/mol. The smallest absolute Gasteiger partial charge is 0.326 e. The first-order chi connectivity index (χ1) is 9.95. The van der Waals surface area contributed by atoms with Gasteiger partial charge in [0.05, 0.1) is 0 Å². The van der Waals surface area contributed by atoms with Crippen LogP contribution in [0.4, 0.5) is 0 Å². The minimum absolute atomic E-state index is 0.186. The molecule has 1 amide bonds. The van der Waals surface area contributed by atoms with Gasteiger partial charge in [-0.1, -0.05) is 18.2 Å². The number of carbonyl (C=O) groups is 2. The summed E-state index contributed by atoms with van der Waals surface area (Å²) < 4.78 is 5.50. The molecule has 1 aromatic rings. The summed E-state index contributed by atoms with van der Waals surface area (Å²) in [6, 6.07) is 4.85. The molecule has 1 atom stereocenters. The molecule has 5 nitrogen and oxygen atoms in total. The third kappa shape index (κ3) is 5.67. The summed E-state index contributed by atoms with van der Waals surface area (Å²) in [5, 5.41) is 11.5. The van der Waals surface area contributed by atoms with E-state index in [9.17, 15) is 9.59 Å². The van der Waals surface area contributed by atoms with Crippen LogP contribution >= 0.6 is 11.8 Å². The Balaban J connectivity index is 2.55. The summed E-state index contributed by atoms with van der Waals surface area (Å²) in [7, 11) is 0. The van der Waals surface area contributed by atoms with Crippen LogP contribution in [0.25, 0.3) is 0 Å². The summed E-state index contributed by atoms with van der Waals surface area (Å²) in [5.41, 5.74) is 1.89. The van der Waals surface area contributed by atoms with Crippen LogP contribution in [0.1, 0.15) is 17.5 Å². The number of para-hydroxylation sites is 1. The molecule has 0 aromatic heterocycles. The number of hydrogen-bond acceptors (Lipinski definition) is 4. The van der Waals surface area contributed by atoms with Gasteiger partial charge in [-0.05, 0) is 43.4 Å². The molecule has 6 heteroatoms. The molecule has 0 aliphatic heterocycles. The summed E-state index contributed by atoms with van der Waals surface area (Å²) in [6.07, 6.45) is 2.29. The standard InChI is InChI=1S/C15H21NO4S/c1-10-5-4-6-11(2)14(10)20-9-13(17)16-12(15(18)19)7-8-21-3/h4-6,12H,7-9H2,1-3H3,(H,16,17)(H,18,19). The molecule has 0 saturated carbocycles. The van der Waals surface area contributed by atoms with Crippen molar-refractivity contribution in [1.29, 1.82) is 0 Å². The molecule has 116 valence electrons. The van der Waals surface area contributed by atoms with Crippen LogP contribution in [-0.2, 0) is 9.59 Å². The van der Waals surface area contributed by atoms with E-state index in [4.69, 9.17) is 9.84 Å². The van der Waals surface area contributed by atoms with Crippen molar-refractivity contribution in [2.24, 2.45) is 0 Å². The number of rotatable bonds is 8. The van der Waals surface area contributed by atoms with E-state index in [1.54, 1.807) is 11.8 Å². The number of nitrogens with one attached hydrogen (secondary N) is 1. The van der Waals surface area contributed by atoms with E-state index >= 15 is 0 Å². The molecule has 21 heavy (non-hydrogen) atoms. The number of aryl methyl sites for hydroxylation is 2. The highest BCUT2D eigenvalue weighted by molar-refractivity contribution is 7.98. The molecule has 2 N–H and O–H groups in total. The van der Waals surface area contributed by atoms with Crippen molar-refractivity contribution in [3.63, 3.8) is 0 Å². The molecule has 0 spiro atoms. The number of carbonyl (C=O) groups excluding carboxylic acids is 1. The van der Waals surface area contributed by atoms with Crippen LogP contribution in [0.5, 0.6) is 5.75 Å². The van der Waals surface area contributed by atoms with Crippen LogP contribution in [0.3, 0.4) is 0 Å². The second kappa shape index (κ2) is 8.56. The van der Waals surface area contributed by atoms with E-state index in [1.807, 2.05) is 38.3 Å². The SMILES string of the molecule is CSCCC(NC(=O)COc1c(C)cccc1C)C(=O)O. The average Bonchev–Trinajstić information content (AvgIpc) is 2.42. The van der Waals surface area contributed by atoms with E-state index in [-0.39, 0.29) is 6.61 Å². The summed E-state index contributed by atoms with van der Waals surface area (Å²) >= 11 is 1.54. The van der Waals surface area contributed by atoms with Crippen molar-refractivity contribution in [3.8, 4) is 5.75 Å². The Morgan fingerprint density at radius 1 is 1.33 bits per heavy atom. The second-order valence-electron chi connectivity index (χ2n) is 4.75. The number of ether oxygens (including phenoxy) is 1. The first kappa shape index (κ1) is 17.4. The van der Waals surface area contributed by atoms with Crippen molar-refractivity contribution in [2.45, 2.75) is 26.3 Å². The van der Waals surface area contributed by atoms with E-state index in [0.717, 1.165) is 11.1 Å². The highest BCUT2D eigenvalue weighted by atomic mass is 32.2. The maximum atomic E-state index is 11.8. The lowest BCUT2D eigenvalue weighted by Crippen LogP contribution is -2.43. The minimum Gasteiger partial charge on any atom is -0.483 e. The fourth-order valence-electron chi connectivity index (χ4n) is 1.89.